The minimum Gasteiger partial charge on any atom is -0.396 e. The summed E-state index contributed by atoms with van der Waals surface area (Å²) in [7, 11) is 0. The van der Waals surface area contributed by atoms with Gasteiger partial charge in [0.25, 0.3) is 0 Å². The molecule has 0 aliphatic rings. The largest absolute Gasteiger partial charge is 0.396 e. The molecule has 0 atom stereocenters. The van der Waals surface area contributed by atoms with E-state index in [2.05, 4.69) is 30.1 Å². The predicted molar refractivity (Wildman–Crippen MR) is 25.7 cm³/mol. The molecule has 0 unspecified atom stereocenters. The maximum absolute atomic E-state index is 8.22. The number of hydrogen-bond acceptors (Lipinski definition) is 8. The monoisotopic (exact) mass is 172 g/mol. The molecule has 8 heteroatoms. The molecule has 0 saturated heterocycles. The lowest BCUT2D eigenvalue weighted by Crippen LogP contribution is -2.01. The molecule has 0 aromatic rings. The fourth-order valence-corrected chi connectivity index (χ4v) is 0.212. The van der Waals surface area contributed by atoms with Gasteiger partial charge in [0.05, 0.1) is 6.61 Å². The molecule has 11 heavy (non-hydrogen) atoms. The van der Waals surface area contributed by atoms with E-state index in [-0.39, 0.29) is 13.2 Å². The molecule has 0 aromatic heterocycles. The van der Waals surface area contributed by atoms with Crippen LogP contribution in [0.2, 0.25) is 0 Å². The van der Waals surface area contributed by atoms with Crippen LogP contribution < -0.4 is 0 Å². The van der Waals surface area contributed by atoms with Gasteiger partial charge in [0.2, 0.25) is 0 Å². The molecular formula is C3H8O8. The minimum atomic E-state index is -0.0273. The lowest BCUT2D eigenvalue weighted by atomic mass is 10.5. The van der Waals surface area contributed by atoms with E-state index in [9.17, 15) is 0 Å². The summed E-state index contributed by atoms with van der Waals surface area (Å²) in [6, 6.07) is 0. The third kappa shape index (κ3) is 9.68. The third-order valence-corrected chi connectivity index (χ3v) is 0.548. The van der Waals surface area contributed by atoms with Crippen molar-refractivity contribution in [2.45, 2.75) is 6.42 Å². The van der Waals surface area contributed by atoms with E-state index in [0.29, 0.717) is 6.42 Å². The van der Waals surface area contributed by atoms with Gasteiger partial charge < -0.3 is 5.11 Å². The standard InChI is InChI=1S/C3H8O8/c4-2-1-3-6-8-10-11-9-7-5/h4-5H,1-3H2. The van der Waals surface area contributed by atoms with Gasteiger partial charge in [0, 0.05) is 6.61 Å². The van der Waals surface area contributed by atoms with Crippen LogP contribution >= 0.6 is 0 Å². The van der Waals surface area contributed by atoms with Crippen LogP contribution in [0.15, 0.2) is 0 Å². The molecular weight excluding hydrogens is 164 g/mol. The molecule has 0 aliphatic heterocycles. The first-order valence-electron chi connectivity index (χ1n) is 2.62. The van der Waals surface area contributed by atoms with E-state index in [4.69, 9.17) is 10.4 Å². The molecule has 0 amide bonds. The molecule has 0 saturated carbocycles. The van der Waals surface area contributed by atoms with E-state index in [1.807, 2.05) is 0 Å². The molecule has 0 fully saturated rings. The first-order chi connectivity index (χ1) is 5.41. The summed E-state index contributed by atoms with van der Waals surface area (Å²) in [6.45, 7) is 0.0975. The number of aliphatic hydroxyl groups excluding tert-OH is 1. The Kier molecular flexibility index (Phi) is 9.40. The number of aliphatic hydroxyl groups is 1. The van der Waals surface area contributed by atoms with Crippen molar-refractivity contribution in [1.29, 1.82) is 0 Å². The molecule has 0 spiro atoms. The summed E-state index contributed by atoms with van der Waals surface area (Å²) >= 11 is 0. The van der Waals surface area contributed by atoms with E-state index in [1.54, 1.807) is 0 Å². The molecule has 0 bridgehead atoms. The van der Waals surface area contributed by atoms with Gasteiger partial charge in [0.15, 0.2) is 0 Å². The van der Waals surface area contributed by atoms with Gasteiger partial charge in [-0.15, -0.1) is 0 Å². The Morgan fingerprint density at radius 2 is 1.73 bits per heavy atom. The Morgan fingerprint density at radius 3 is 2.36 bits per heavy atom. The molecule has 0 rings (SSSR count). The fraction of sp³-hybridized carbons (Fsp3) is 1.00. The molecule has 0 aliphatic carbocycles. The Labute approximate surface area is 61.3 Å². The van der Waals surface area contributed by atoms with Gasteiger partial charge in [0.1, 0.15) is 0 Å². The minimum absolute atomic E-state index is 0.0273. The SMILES string of the molecule is OCCCOOOOOOO. The lowest BCUT2D eigenvalue weighted by Gasteiger charge is -1.97. The van der Waals surface area contributed by atoms with Gasteiger partial charge in [-0.3, -0.25) is 0 Å². The van der Waals surface area contributed by atoms with E-state index >= 15 is 0 Å². The summed E-state index contributed by atoms with van der Waals surface area (Å²) in [5, 5.41) is 32.8. The topological polar surface area (TPSA) is 95.8 Å². The van der Waals surface area contributed by atoms with Crippen LogP contribution in [0.4, 0.5) is 0 Å². The highest BCUT2D eigenvalue weighted by atomic mass is 17.9. The average Bonchev–Trinajstić information content (AvgIpc) is 2.03. The van der Waals surface area contributed by atoms with Gasteiger partial charge >= 0.3 is 0 Å². The van der Waals surface area contributed by atoms with Gasteiger partial charge in [-0.25, -0.2) is 10.1 Å². The molecule has 2 N–H and O–H groups in total. The van der Waals surface area contributed by atoms with E-state index in [1.165, 1.54) is 0 Å². The summed E-state index contributed by atoms with van der Waals surface area (Å²) in [5.41, 5.74) is 0. The zero-order valence-electron chi connectivity index (χ0n) is 5.47. The quantitative estimate of drug-likeness (QED) is 0.288. The van der Waals surface area contributed by atoms with Crippen molar-refractivity contribution in [3.63, 3.8) is 0 Å². The highest BCUT2D eigenvalue weighted by molar-refractivity contribution is 4.24. The van der Waals surface area contributed by atoms with Crippen LogP contribution in [-0.4, -0.2) is 23.6 Å². The number of hydrogen-bond donors (Lipinski definition) is 2. The summed E-state index contributed by atoms with van der Waals surface area (Å²) < 4.78 is 0. The van der Waals surface area contributed by atoms with Crippen LogP contribution in [0.5, 0.6) is 0 Å². The van der Waals surface area contributed by atoms with Crippen molar-refractivity contribution in [2.24, 2.45) is 0 Å². The maximum Gasteiger partial charge on any atom is 0.0876 e. The van der Waals surface area contributed by atoms with Gasteiger partial charge in [-0.1, -0.05) is 0 Å². The first kappa shape index (κ1) is 10.7. The van der Waals surface area contributed by atoms with Crippen molar-refractivity contribution in [3.8, 4) is 0 Å². The predicted octanol–water partition coefficient (Wildman–Crippen LogP) is -0.484. The van der Waals surface area contributed by atoms with Crippen LogP contribution in [0.25, 0.3) is 0 Å². The second kappa shape index (κ2) is 9.68. The molecule has 68 valence electrons. The smallest absolute Gasteiger partial charge is 0.0876 e. The van der Waals surface area contributed by atoms with Crippen molar-refractivity contribution >= 4 is 0 Å². The zero-order chi connectivity index (χ0) is 8.36. The fourth-order valence-electron chi connectivity index (χ4n) is 0.212. The second-order valence-electron chi connectivity index (χ2n) is 1.25. The zero-order valence-corrected chi connectivity index (χ0v) is 5.47. The van der Waals surface area contributed by atoms with Crippen LogP contribution in [0.1, 0.15) is 6.42 Å². The molecule has 0 heterocycles. The highest BCUT2D eigenvalue weighted by Gasteiger charge is 1.91. The third-order valence-electron chi connectivity index (χ3n) is 0.548. The van der Waals surface area contributed by atoms with Crippen molar-refractivity contribution in [3.05, 3.63) is 0 Å². The summed E-state index contributed by atoms with van der Waals surface area (Å²) in [4.78, 5) is 4.20. The van der Waals surface area contributed by atoms with Crippen molar-refractivity contribution in [2.75, 3.05) is 13.2 Å². The van der Waals surface area contributed by atoms with Crippen LogP contribution in [0, 0.1) is 0 Å². The second-order valence-corrected chi connectivity index (χ2v) is 1.25. The van der Waals surface area contributed by atoms with Crippen LogP contribution in [-0.2, 0) is 30.1 Å². The molecule has 8 nitrogen and oxygen atoms in total. The number of rotatable bonds is 8. The van der Waals surface area contributed by atoms with Gasteiger partial charge in [-0.05, 0) is 31.6 Å². The Bertz CT molecular complexity index is 58.4. The average molecular weight is 172 g/mol. The Morgan fingerprint density at radius 1 is 1.00 bits per heavy atom. The van der Waals surface area contributed by atoms with E-state index in [0.717, 1.165) is 0 Å². The van der Waals surface area contributed by atoms with E-state index < -0.39 is 0 Å². The first-order valence-corrected chi connectivity index (χ1v) is 2.62. The lowest BCUT2D eigenvalue weighted by molar-refractivity contribution is -0.787. The maximum atomic E-state index is 8.22. The summed E-state index contributed by atoms with van der Waals surface area (Å²) in [6.07, 6.45) is 0.390. The van der Waals surface area contributed by atoms with Crippen molar-refractivity contribution in [1.82, 2.24) is 0 Å². The Hall–Kier alpha value is -0.320. The van der Waals surface area contributed by atoms with Crippen LogP contribution in [0.3, 0.4) is 0 Å². The van der Waals surface area contributed by atoms with Crippen molar-refractivity contribution < 1.29 is 40.4 Å². The molecule has 0 aromatic carbocycles. The highest BCUT2D eigenvalue weighted by Crippen LogP contribution is 1.86. The Balaban J connectivity index is 2.69. The summed E-state index contributed by atoms with van der Waals surface area (Å²) in [5.74, 6) is 0. The van der Waals surface area contributed by atoms with Gasteiger partial charge in [-0.2, -0.15) is 0 Å². The normalized spacial score (nSPS) is 10.4. The molecule has 0 radical (unpaired) electrons.